The molecule has 1 amide bonds. The van der Waals surface area contributed by atoms with Gasteiger partial charge in [-0.2, -0.15) is 0 Å². The molecule has 0 aliphatic carbocycles. The summed E-state index contributed by atoms with van der Waals surface area (Å²) in [7, 11) is 0. The average molecular weight is 282 g/mol. The van der Waals surface area contributed by atoms with Gasteiger partial charge in [-0.15, -0.1) is 0 Å². The van der Waals surface area contributed by atoms with E-state index in [0.29, 0.717) is 23.1 Å². The van der Waals surface area contributed by atoms with Gasteiger partial charge in [0.05, 0.1) is 0 Å². The van der Waals surface area contributed by atoms with Crippen molar-refractivity contribution in [3.63, 3.8) is 0 Å². The summed E-state index contributed by atoms with van der Waals surface area (Å²) in [6.07, 6.45) is 1.89. The van der Waals surface area contributed by atoms with E-state index < -0.39 is 0 Å². The number of hydrogen-bond donors (Lipinski definition) is 1. The molecule has 0 unspecified atom stereocenters. The largest absolute Gasteiger partial charge is 0.361 e. The third-order valence-corrected chi connectivity index (χ3v) is 3.23. The van der Waals surface area contributed by atoms with Crippen molar-refractivity contribution in [2.75, 3.05) is 19.6 Å². The number of hydrogen-bond acceptors (Lipinski definition) is 4. The Morgan fingerprint density at radius 1 is 1.53 bits per heavy atom. The molecule has 1 aromatic heterocycles. The van der Waals surface area contributed by atoms with Gasteiger partial charge in [-0.3, -0.25) is 9.80 Å². The summed E-state index contributed by atoms with van der Waals surface area (Å²) in [5.74, 6) is 0.454. The van der Waals surface area contributed by atoms with Crippen molar-refractivity contribution in [2.24, 2.45) is 0 Å². The number of amides is 1. The van der Waals surface area contributed by atoms with Gasteiger partial charge in [0.2, 0.25) is 0 Å². The Kier molecular flexibility index (Phi) is 4.36. The van der Waals surface area contributed by atoms with Gasteiger partial charge in [-0.05, 0) is 32.0 Å². The third kappa shape index (κ3) is 3.04. The van der Waals surface area contributed by atoms with Crippen molar-refractivity contribution < 1.29 is 9.32 Å². The minimum atomic E-state index is -0.171. The Morgan fingerprint density at radius 3 is 2.89 bits per heavy atom. The Balaban J connectivity index is 2.06. The van der Waals surface area contributed by atoms with Crippen LogP contribution in [0.4, 0.5) is 0 Å². The molecule has 2 heterocycles. The van der Waals surface area contributed by atoms with Gasteiger partial charge in [0, 0.05) is 25.7 Å². The first-order valence-corrected chi connectivity index (χ1v) is 6.84. The summed E-state index contributed by atoms with van der Waals surface area (Å²) < 4.78 is 4.94. The van der Waals surface area contributed by atoms with Crippen molar-refractivity contribution in [3.05, 3.63) is 17.5 Å². The molecule has 0 radical (unpaired) electrons. The zero-order valence-corrected chi connectivity index (χ0v) is 12.0. The molecular formula is C12H18N4O2S. The third-order valence-electron chi connectivity index (χ3n) is 2.87. The highest BCUT2D eigenvalue weighted by Crippen LogP contribution is 2.15. The maximum absolute atomic E-state index is 12.3. The number of hydrazine groups is 1. The number of aromatic nitrogens is 1. The molecule has 1 N–H and O–H groups in total. The molecule has 0 saturated carbocycles. The summed E-state index contributed by atoms with van der Waals surface area (Å²) in [5, 5.41) is 10.9. The van der Waals surface area contributed by atoms with Crippen LogP contribution in [0.25, 0.3) is 0 Å². The second-order valence-corrected chi connectivity index (χ2v) is 4.85. The van der Waals surface area contributed by atoms with Gasteiger partial charge in [-0.1, -0.05) is 12.1 Å². The topological polar surface area (TPSA) is 61.6 Å². The van der Waals surface area contributed by atoms with Crippen molar-refractivity contribution in [1.82, 2.24) is 20.5 Å². The average Bonchev–Trinajstić information content (AvgIpc) is 3.03. The summed E-state index contributed by atoms with van der Waals surface area (Å²) in [6.45, 7) is 6.04. The number of nitrogens with one attached hydrogen (secondary N) is 1. The molecule has 19 heavy (non-hydrogen) atoms. The van der Waals surface area contributed by atoms with Gasteiger partial charge in [0.25, 0.3) is 5.91 Å². The highest BCUT2D eigenvalue weighted by molar-refractivity contribution is 7.80. The number of nitrogens with zero attached hydrogens (tertiary/aromatic N) is 3. The van der Waals surface area contributed by atoms with Crippen LogP contribution in [-0.4, -0.2) is 45.8 Å². The van der Waals surface area contributed by atoms with E-state index in [-0.39, 0.29) is 5.91 Å². The van der Waals surface area contributed by atoms with Gasteiger partial charge >= 0.3 is 0 Å². The summed E-state index contributed by atoms with van der Waals surface area (Å²) in [5.41, 5.74) is 0.322. The highest BCUT2D eigenvalue weighted by Gasteiger charge is 2.30. The molecule has 0 atom stereocenters. The molecule has 1 saturated heterocycles. The van der Waals surface area contributed by atoms with E-state index in [1.807, 2.05) is 0 Å². The van der Waals surface area contributed by atoms with Gasteiger partial charge in [0.15, 0.2) is 10.8 Å². The molecule has 7 heteroatoms. The summed E-state index contributed by atoms with van der Waals surface area (Å²) >= 11 is 5.31. The monoisotopic (exact) mass is 282 g/mol. The number of rotatable bonds is 3. The normalized spacial score (nSPS) is 14.8. The standard InChI is InChI=1S/C12H18N4O2S/c1-3-5-13-12(19)16-7-4-6-15(16)11(17)10-8-9(2)18-14-10/h8H,3-7H2,1-2H3,(H,13,19). The van der Waals surface area contributed by atoms with E-state index in [2.05, 4.69) is 17.4 Å². The van der Waals surface area contributed by atoms with Gasteiger partial charge in [-0.25, -0.2) is 5.01 Å². The van der Waals surface area contributed by atoms with Crippen LogP contribution in [-0.2, 0) is 0 Å². The molecular weight excluding hydrogens is 264 g/mol. The van der Waals surface area contributed by atoms with E-state index in [0.717, 1.165) is 25.9 Å². The number of carbonyl (C=O) groups is 1. The van der Waals surface area contributed by atoms with Crippen molar-refractivity contribution in [1.29, 1.82) is 0 Å². The molecule has 6 nitrogen and oxygen atoms in total. The van der Waals surface area contributed by atoms with Gasteiger partial charge in [0.1, 0.15) is 5.76 Å². The van der Waals surface area contributed by atoms with Crippen LogP contribution in [0.1, 0.15) is 36.0 Å². The fourth-order valence-electron chi connectivity index (χ4n) is 1.96. The van der Waals surface area contributed by atoms with E-state index in [4.69, 9.17) is 16.7 Å². The molecule has 0 bridgehead atoms. The Morgan fingerprint density at radius 2 is 2.26 bits per heavy atom. The van der Waals surface area contributed by atoms with E-state index in [9.17, 15) is 4.79 Å². The molecule has 1 aliphatic heterocycles. The zero-order chi connectivity index (χ0) is 13.8. The summed E-state index contributed by atoms with van der Waals surface area (Å²) in [4.78, 5) is 12.3. The van der Waals surface area contributed by atoms with Crippen LogP contribution in [0.2, 0.25) is 0 Å². The minimum Gasteiger partial charge on any atom is -0.361 e. The maximum atomic E-state index is 12.3. The maximum Gasteiger partial charge on any atom is 0.294 e. The minimum absolute atomic E-state index is 0.171. The molecule has 1 aliphatic rings. The van der Waals surface area contributed by atoms with Crippen molar-refractivity contribution in [3.8, 4) is 0 Å². The highest BCUT2D eigenvalue weighted by atomic mass is 32.1. The van der Waals surface area contributed by atoms with Crippen LogP contribution in [0.5, 0.6) is 0 Å². The quantitative estimate of drug-likeness (QED) is 0.844. The van der Waals surface area contributed by atoms with Crippen LogP contribution >= 0.6 is 12.2 Å². The first-order valence-electron chi connectivity index (χ1n) is 6.44. The lowest BCUT2D eigenvalue weighted by molar-refractivity contribution is 0.0481. The molecule has 104 valence electrons. The lowest BCUT2D eigenvalue weighted by atomic mass is 10.3. The smallest absolute Gasteiger partial charge is 0.294 e. The molecule has 1 fully saturated rings. The molecule has 0 spiro atoms. The lowest BCUT2D eigenvalue weighted by Crippen LogP contribution is -2.49. The van der Waals surface area contributed by atoms with E-state index >= 15 is 0 Å². The van der Waals surface area contributed by atoms with Crippen LogP contribution < -0.4 is 5.32 Å². The Bertz CT molecular complexity index is 474. The zero-order valence-electron chi connectivity index (χ0n) is 11.2. The SMILES string of the molecule is CCCNC(=S)N1CCCN1C(=O)c1cc(C)on1. The Hall–Kier alpha value is -1.63. The van der Waals surface area contributed by atoms with E-state index in [1.165, 1.54) is 0 Å². The number of aryl methyl sites for hydroxylation is 1. The predicted molar refractivity (Wildman–Crippen MR) is 74.5 cm³/mol. The van der Waals surface area contributed by atoms with Crippen LogP contribution in [0.15, 0.2) is 10.6 Å². The first kappa shape index (κ1) is 13.8. The fraction of sp³-hybridized carbons (Fsp3) is 0.583. The number of thiocarbonyl (C=S) groups is 1. The fourth-order valence-corrected chi connectivity index (χ4v) is 2.25. The van der Waals surface area contributed by atoms with Crippen molar-refractivity contribution >= 4 is 23.2 Å². The second kappa shape index (κ2) is 6.01. The van der Waals surface area contributed by atoms with Crippen molar-refractivity contribution in [2.45, 2.75) is 26.7 Å². The van der Waals surface area contributed by atoms with Gasteiger partial charge < -0.3 is 9.84 Å². The number of carbonyl (C=O) groups excluding carboxylic acids is 1. The first-order chi connectivity index (χ1) is 9.13. The lowest BCUT2D eigenvalue weighted by Gasteiger charge is -2.29. The molecule has 0 aromatic carbocycles. The molecule has 1 aromatic rings. The predicted octanol–water partition coefficient (Wildman–Crippen LogP) is 1.33. The molecule has 2 rings (SSSR count). The van der Waals surface area contributed by atoms with E-state index in [1.54, 1.807) is 23.0 Å². The summed E-state index contributed by atoms with van der Waals surface area (Å²) in [6, 6.07) is 1.64. The Labute approximate surface area is 117 Å². The van der Waals surface area contributed by atoms with Crippen LogP contribution in [0, 0.1) is 6.92 Å². The van der Waals surface area contributed by atoms with Crippen LogP contribution in [0.3, 0.4) is 0 Å². The second-order valence-electron chi connectivity index (χ2n) is 4.46.